The van der Waals surface area contributed by atoms with Gasteiger partial charge in [0.15, 0.2) is 0 Å². The molecule has 1 N–H and O–H groups in total. The van der Waals surface area contributed by atoms with Gasteiger partial charge in [-0.3, -0.25) is 0 Å². The zero-order valence-corrected chi connectivity index (χ0v) is 5.92. The Morgan fingerprint density at radius 1 is 1.62 bits per heavy atom. The molecule has 0 unspecified atom stereocenters. The highest BCUT2D eigenvalue weighted by Crippen LogP contribution is 2.47. The summed E-state index contributed by atoms with van der Waals surface area (Å²) < 4.78 is 0.685. The van der Waals surface area contributed by atoms with Crippen LogP contribution in [0.5, 0.6) is 0 Å². The van der Waals surface area contributed by atoms with Crippen LogP contribution in [-0.4, -0.2) is 23.6 Å². The molecule has 3 fully saturated rings. The number of fused-ring (bicyclic) bond motifs is 1. The third kappa shape index (κ3) is 0.477. The summed E-state index contributed by atoms with van der Waals surface area (Å²) in [5.41, 5.74) is 0. The molecule has 2 heteroatoms. The lowest BCUT2D eigenvalue weighted by Crippen LogP contribution is -2.36. The fraction of sp³-hybridized carbons (Fsp3) is 1.00. The molecule has 0 aromatic carbocycles. The zero-order valence-electron chi connectivity index (χ0n) is 5.11. The summed E-state index contributed by atoms with van der Waals surface area (Å²) in [5, 5.41) is 3.46. The number of thioether (sulfide) groups is 1. The van der Waals surface area contributed by atoms with Crippen LogP contribution in [-0.2, 0) is 0 Å². The van der Waals surface area contributed by atoms with E-state index in [1.54, 1.807) is 0 Å². The Balaban J connectivity index is 2.09. The van der Waals surface area contributed by atoms with E-state index in [0.29, 0.717) is 4.75 Å². The Labute approximate surface area is 54.2 Å². The summed E-state index contributed by atoms with van der Waals surface area (Å²) in [6, 6.07) is 0.891. The smallest absolute Gasteiger partial charge is 0.0311 e. The van der Waals surface area contributed by atoms with Gasteiger partial charge in [0.25, 0.3) is 0 Å². The van der Waals surface area contributed by atoms with E-state index in [1.165, 1.54) is 19.4 Å². The number of hydrogen-bond donors (Lipinski definition) is 1. The van der Waals surface area contributed by atoms with Gasteiger partial charge in [-0.2, -0.15) is 11.8 Å². The van der Waals surface area contributed by atoms with E-state index < -0.39 is 0 Å². The zero-order chi connectivity index (χ0) is 5.61. The SMILES string of the molecule is CSC12CNC(C1)C2. The lowest BCUT2D eigenvalue weighted by Gasteiger charge is -2.34. The van der Waals surface area contributed by atoms with E-state index in [9.17, 15) is 0 Å². The average molecular weight is 129 g/mol. The Morgan fingerprint density at radius 3 is 2.62 bits per heavy atom. The van der Waals surface area contributed by atoms with Crippen molar-refractivity contribution >= 4 is 11.8 Å². The largest absolute Gasteiger partial charge is 0.312 e. The maximum atomic E-state index is 3.46. The van der Waals surface area contributed by atoms with E-state index in [0.717, 1.165) is 6.04 Å². The molecule has 2 bridgehead atoms. The quantitative estimate of drug-likeness (QED) is 0.563. The van der Waals surface area contributed by atoms with Gasteiger partial charge in [-0.05, 0) is 19.1 Å². The first-order chi connectivity index (χ1) is 3.85. The lowest BCUT2D eigenvalue weighted by molar-refractivity contribution is 0.411. The van der Waals surface area contributed by atoms with Gasteiger partial charge in [-0.25, -0.2) is 0 Å². The molecule has 3 rings (SSSR count). The predicted molar refractivity (Wildman–Crippen MR) is 37.3 cm³/mol. The molecular formula is C6H11NS. The predicted octanol–water partition coefficient (Wildman–Crippen LogP) is 0.854. The molecule has 1 nitrogen and oxygen atoms in total. The molecular weight excluding hydrogens is 118 g/mol. The van der Waals surface area contributed by atoms with Crippen LogP contribution in [0, 0.1) is 0 Å². The minimum Gasteiger partial charge on any atom is -0.312 e. The van der Waals surface area contributed by atoms with Gasteiger partial charge in [0, 0.05) is 17.3 Å². The molecule has 0 amide bonds. The molecule has 0 aromatic heterocycles. The minimum atomic E-state index is 0.685. The van der Waals surface area contributed by atoms with Gasteiger partial charge in [0.05, 0.1) is 0 Å². The Bertz CT molecular complexity index is 102. The van der Waals surface area contributed by atoms with E-state index in [2.05, 4.69) is 11.6 Å². The first-order valence-corrected chi connectivity index (χ1v) is 4.36. The van der Waals surface area contributed by atoms with Crippen molar-refractivity contribution in [1.82, 2.24) is 5.32 Å². The molecule has 0 spiro atoms. The second-order valence-electron chi connectivity index (χ2n) is 2.87. The molecule has 0 radical (unpaired) electrons. The Kier molecular flexibility index (Phi) is 0.910. The standard InChI is InChI=1S/C6H11NS/c1-8-6-2-5(3-6)7-4-6/h5,7H,2-4H2,1H3. The van der Waals surface area contributed by atoms with E-state index in [-0.39, 0.29) is 0 Å². The van der Waals surface area contributed by atoms with Gasteiger partial charge in [-0.15, -0.1) is 0 Å². The van der Waals surface area contributed by atoms with E-state index >= 15 is 0 Å². The van der Waals surface area contributed by atoms with Gasteiger partial charge < -0.3 is 5.32 Å². The molecule has 2 aliphatic heterocycles. The van der Waals surface area contributed by atoms with Gasteiger partial charge in [0.2, 0.25) is 0 Å². The van der Waals surface area contributed by atoms with Crippen LogP contribution < -0.4 is 5.32 Å². The molecule has 1 saturated carbocycles. The maximum Gasteiger partial charge on any atom is 0.0311 e. The highest BCUT2D eigenvalue weighted by Gasteiger charge is 2.49. The minimum absolute atomic E-state index is 0.685. The number of nitrogens with one attached hydrogen (secondary N) is 1. The third-order valence-corrected chi connectivity index (χ3v) is 3.73. The van der Waals surface area contributed by atoms with Crippen molar-refractivity contribution in [3.63, 3.8) is 0 Å². The monoisotopic (exact) mass is 129 g/mol. The second kappa shape index (κ2) is 1.42. The highest BCUT2D eigenvalue weighted by molar-refractivity contribution is 8.00. The summed E-state index contributed by atoms with van der Waals surface area (Å²) in [6.45, 7) is 1.26. The molecule has 1 aliphatic carbocycles. The van der Waals surface area contributed by atoms with E-state index in [4.69, 9.17) is 0 Å². The van der Waals surface area contributed by atoms with Crippen molar-refractivity contribution in [2.45, 2.75) is 23.6 Å². The number of rotatable bonds is 1. The molecule has 2 saturated heterocycles. The van der Waals surface area contributed by atoms with Crippen LogP contribution in [0.2, 0.25) is 0 Å². The molecule has 2 heterocycles. The van der Waals surface area contributed by atoms with Gasteiger partial charge in [-0.1, -0.05) is 0 Å². The van der Waals surface area contributed by atoms with Crippen LogP contribution in [0.1, 0.15) is 12.8 Å². The normalized spacial score (nSPS) is 51.4. The maximum absolute atomic E-state index is 3.46. The molecule has 0 aromatic rings. The fourth-order valence-electron chi connectivity index (χ4n) is 1.70. The molecule has 8 heavy (non-hydrogen) atoms. The van der Waals surface area contributed by atoms with Gasteiger partial charge >= 0.3 is 0 Å². The topological polar surface area (TPSA) is 12.0 Å². The van der Waals surface area contributed by atoms with Crippen LogP contribution >= 0.6 is 11.8 Å². The second-order valence-corrected chi connectivity index (χ2v) is 4.15. The highest BCUT2D eigenvalue weighted by atomic mass is 32.2. The third-order valence-electron chi connectivity index (χ3n) is 2.38. The Morgan fingerprint density at radius 2 is 2.38 bits per heavy atom. The molecule has 0 atom stereocenters. The average Bonchev–Trinajstić information content (AvgIpc) is 2.17. The lowest BCUT2D eigenvalue weighted by atomic mass is 9.85. The van der Waals surface area contributed by atoms with Crippen LogP contribution in [0.3, 0.4) is 0 Å². The summed E-state index contributed by atoms with van der Waals surface area (Å²) in [4.78, 5) is 0. The van der Waals surface area contributed by atoms with Crippen LogP contribution in [0.15, 0.2) is 0 Å². The van der Waals surface area contributed by atoms with E-state index in [1.807, 2.05) is 11.8 Å². The summed E-state index contributed by atoms with van der Waals surface area (Å²) in [7, 11) is 0. The van der Waals surface area contributed by atoms with Crippen LogP contribution in [0.25, 0.3) is 0 Å². The van der Waals surface area contributed by atoms with Gasteiger partial charge in [0.1, 0.15) is 0 Å². The van der Waals surface area contributed by atoms with Crippen LogP contribution in [0.4, 0.5) is 0 Å². The van der Waals surface area contributed by atoms with Crippen molar-refractivity contribution in [2.24, 2.45) is 0 Å². The van der Waals surface area contributed by atoms with Crippen molar-refractivity contribution in [3.8, 4) is 0 Å². The van der Waals surface area contributed by atoms with Crippen molar-refractivity contribution in [2.75, 3.05) is 12.8 Å². The molecule has 3 aliphatic rings. The summed E-state index contributed by atoms with van der Waals surface area (Å²) in [5.74, 6) is 0. The first-order valence-electron chi connectivity index (χ1n) is 3.13. The summed E-state index contributed by atoms with van der Waals surface area (Å²) in [6.07, 6.45) is 5.07. The first kappa shape index (κ1) is 5.12. The molecule has 46 valence electrons. The fourth-order valence-corrected chi connectivity index (χ4v) is 2.66. The number of hydrogen-bond acceptors (Lipinski definition) is 2. The summed E-state index contributed by atoms with van der Waals surface area (Å²) >= 11 is 2.04. The van der Waals surface area contributed by atoms with Crippen molar-refractivity contribution in [1.29, 1.82) is 0 Å². The van der Waals surface area contributed by atoms with Crippen molar-refractivity contribution < 1.29 is 0 Å². The Hall–Kier alpha value is 0.310. The van der Waals surface area contributed by atoms with Crippen molar-refractivity contribution in [3.05, 3.63) is 0 Å².